The van der Waals surface area contributed by atoms with Crippen molar-refractivity contribution in [3.63, 3.8) is 0 Å². The lowest BCUT2D eigenvalue weighted by molar-refractivity contribution is 0.00961. The monoisotopic (exact) mass is 247 g/mol. The molecule has 1 aromatic rings. The van der Waals surface area contributed by atoms with Gasteiger partial charge in [-0.2, -0.15) is 0 Å². The van der Waals surface area contributed by atoms with Crippen LogP contribution in [0.25, 0.3) is 0 Å². The van der Waals surface area contributed by atoms with Crippen molar-refractivity contribution in [2.24, 2.45) is 11.1 Å². The first-order valence-electron chi connectivity index (χ1n) is 7.17. The van der Waals surface area contributed by atoms with E-state index in [1.54, 1.807) is 0 Å². The first-order chi connectivity index (χ1) is 8.62. The van der Waals surface area contributed by atoms with Gasteiger partial charge in [0.05, 0.1) is 0 Å². The molecule has 0 atom stereocenters. The van der Waals surface area contributed by atoms with E-state index in [4.69, 9.17) is 5.73 Å². The van der Waals surface area contributed by atoms with Gasteiger partial charge in [0.15, 0.2) is 0 Å². The molecule has 0 radical (unpaired) electrons. The molecular weight excluding hydrogens is 225 g/mol. The summed E-state index contributed by atoms with van der Waals surface area (Å²) < 4.78 is 13.0. The molecule has 0 bridgehead atoms. The molecule has 98 valence electrons. The predicted octanol–water partition coefficient (Wildman–Crippen LogP) is 4.11. The summed E-state index contributed by atoms with van der Waals surface area (Å²) in [6, 6.07) is 6.78. The quantitative estimate of drug-likeness (QED) is 0.794. The SMILES string of the molecule is NC1(c2ccc(F)cc2)CC2(CCCCCC2)C1. The summed E-state index contributed by atoms with van der Waals surface area (Å²) in [7, 11) is 0. The van der Waals surface area contributed by atoms with Gasteiger partial charge < -0.3 is 5.73 Å². The van der Waals surface area contributed by atoms with Crippen molar-refractivity contribution in [1.29, 1.82) is 0 Å². The minimum atomic E-state index is -0.196. The van der Waals surface area contributed by atoms with E-state index in [-0.39, 0.29) is 11.4 Å². The molecule has 2 N–H and O–H groups in total. The first-order valence-corrected chi connectivity index (χ1v) is 7.17. The Hall–Kier alpha value is -0.890. The van der Waals surface area contributed by atoms with Crippen molar-refractivity contribution in [3.05, 3.63) is 35.6 Å². The van der Waals surface area contributed by atoms with Crippen molar-refractivity contribution < 1.29 is 4.39 Å². The van der Waals surface area contributed by atoms with Gasteiger partial charge in [-0.1, -0.05) is 37.8 Å². The Bertz CT molecular complexity index is 407. The Morgan fingerprint density at radius 2 is 1.44 bits per heavy atom. The van der Waals surface area contributed by atoms with Crippen LogP contribution in [0, 0.1) is 11.2 Å². The number of hydrogen-bond donors (Lipinski definition) is 1. The van der Waals surface area contributed by atoms with Crippen LogP contribution in [0.1, 0.15) is 56.9 Å². The molecule has 2 saturated carbocycles. The minimum Gasteiger partial charge on any atom is -0.321 e. The molecule has 2 aliphatic carbocycles. The molecule has 18 heavy (non-hydrogen) atoms. The Morgan fingerprint density at radius 1 is 0.889 bits per heavy atom. The van der Waals surface area contributed by atoms with E-state index in [2.05, 4.69) is 0 Å². The average molecular weight is 247 g/mol. The number of benzene rings is 1. The number of hydrogen-bond acceptors (Lipinski definition) is 1. The molecule has 0 unspecified atom stereocenters. The van der Waals surface area contributed by atoms with Crippen molar-refractivity contribution >= 4 is 0 Å². The van der Waals surface area contributed by atoms with Gasteiger partial charge in [0, 0.05) is 5.54 Å². The highest BCUT2D eigenvalue weighted by atomic mass is 19.1. The molecule has 2 fully saturated rings. The van der Waals surface area contributed by atoms with Crippen LogP contribution in [0.4, 0.5) is 4.39 Å². The van der Waals surface area contributed by atoms with E-state index in [0.29, 0.717) is 5.41 Å². The predicted molar refractivity (Wildman–Crippen MR) is 71.6 cm³/mol. The average Bonchev–Trinajstić information content (AvgIpc) is 2.55. The van der Waals surface area contributed by atoms with Gasteiger partial charge in [0.25, 0.3) is 0 Å². The van der Waals surface area contributed by atoms with Gasteiger partial charge in [0.1, 0.15) is 5.82 Å². The molecule has 2 heteroatoms. The Morgan fingerprint density at radius 3 is 2.00 bits per heavy atom. The fourth-order valence-corrected chi connectivity index (χ4v) is 4.10. The standard InChI is InChI=1S/C16H22FN/c17-14-7-5-13(6-8-14)16(18)11-15(12-16)9-3-1-2-4-10-15/h5-8H,1-4,9-12,18H2. The fraction of sp³-hybridized carbons (Fsp3) is 0.625. The zero-order valence-electron chi connectivity index (χ0n) is 10.9. The molecule has 0 aliphatic heterocycles. The van der Waals surface area contributed by atoms with Crippen LogP contribution in [-0.4, -0.2) is 0 Å². The highest BCUT2D eigenvalue weighted by molar-refractivity contribution is 5.29. The van der Waals surface area contributed by atoms with Crippen LogP contribution in [-0.2, 0) is 5.54 Å². The smallest absolute Gasteiger partial charge is 0.123 e. The molecule has 0 amide bonds. The molecular formula is C16H22FN. The maximum atomic E-state index is 13.0. The summed E-state index contributed by atoms with van der Waals surface area (Å²) in [6.45, 7) is 0. The van der Waals surface area contributed by atoms with E-state index in [0.717, 1.165) is 18.4 Å². The van der Waals surface area contributed by atoms with Crippen LogP contribution >= 0.6 is 0 Å². The maximum Gasteiger partial charge on any atom is 0.123 e. The summed E-state index contributed by atoms with van der Waals surface area (Å²) in [5.41, 5.74) is 7.92. The molecule has 3 rings (SSSR count). The van der Waals surface area contributed by atoms with Crippen LogP contribution < -0.4 is 5.73 Å². The number of rotatable bonds is 1. The molecule has 0 aromatic heterocycles. The zero-order valence-corrected chi connectivity index (χ0v) is 10.9. The summed E-state index contributed by atoms with van der Waals surface area (Å²) in [5, 5.41) is 0. The van der Waals surface area contributed by atoms with Gasteiger partial charge in [-0.05, 0) is 48.8 Å². The maximum absolute atomic E-state index is 13.0. The third kappa shape index (κ3) is 2.07. The van der Waals surface area contributed by atoms with Crippen LogP contribution in [0.15, 0.2) is 24.3 Å². The van der Waals surface area contributed by atoms with Crippen molar-refractivity contribution in [2.75, 3.05) is 0 Å². The Kier molecular flexibility index (Phi) is 2.93. The zero-order chi connectivity index (χ0) is 12.6. The lowest BCUT2D eigenvalue weighted by Gasteiger charge is -2.55. The lowest BCUT2D eigenvalue weighted by atomic mass is 9.53. The highest BCUT2D eigenvalue weighted by Crippen LogP contribution is 2.58. The van der Waals surface area contributed by atoms with Crippen molar-refractivity contribution in [1.82, 2.24) is 0 Å². The van der Waals surface area contributed by atoms with E-state index >= 15 is 0 Å². The minimum absolute atomic E-state index is 0.175. The summed E-state index contributed by atoms with van der Waals surface area (Å²) >= 11 is 0. The molecule has 0 heterocycles. The second-order valence-electron chi connectivity index (χ2n) is 6.43. The molecule has 0 saturated heterocycles. The van der Waals surface area contributed by atoms with E-state index in [9.17, 15) is 4.39 Å². The van der Waals surface area contributed by atoms with Crippen molar-refractivity contribution in [3.8, 4) is 0 Å². The first kappa shape index (κ1) is 12.2. The summed E-state index contributed by atoms with van der Waals surface area (Å²) in [4.78, 5) is 0. The normalized spacial score (nSPS) is 25.4. The van der Waals surface area contributed by atoms with E-state index in [1.807, 2.05) is 12.1 Å². The molecule has 2 aliphatic rings. The number of halogens is 1. The highest BCUT2D eigenvalue weighted by Gasteiger charge is 2.52. The van der Waals surface area contributed by atoms with Crippen LogP contribution in [0.5, 0.6) is 0 Å². The second kappa shape index (κ2) is 4.34. The molecule has 1 spiro atoms. The second-order valence-corrected chi connectivity index (χ2v) is 6.43. The lowest BCUT2D eigenvalue weighted by Crippen LogP contribution is -2.55. The van der Waals surface area contributed by atoms with Gasteiger partial charge >= 0.3 is 0 Å². The molecule has 1 aromatic carbocycles. The van der Waals surface area contributed by atoms with E-state index < -0.39 is 0 Å². The summed E-state index contributed by atoms with van der Waals surface area (Å²) in [5.74, 6) is -0.175. The van der Waals surface area contributed by atoms with Gasteiger partial charge in [-0.15, -0.1) is 0 Å². The fourth-order valence-electron chi connectivity index (χ4n) is 4.10. The largest absolute Gasteiger partial charge is 0.321 e. The third-order valence-electron chi connectivity index (χ3n) is 4.96. The topological polar surface area (TPSA) is 26.0 Å². The third-order valence-corrected chi connectivity index (χ3v) is 4.96. The molecule has 1 nitrogen and oxygen atoms in total. The van der Waals surface area contributed by atoms with E-state index in [1.165, 1.54) is 50.7 Å². The van der Waals surface area contributed by atoms with Gasteiger partial charge in [-0.3, -0.25) is 0 Å². The van der Waals surface area contributed by atoms with Gasteiger partial charge in [-0.25, -0.2) is 4.39 Å². The van der Waals surface area contributed by atoms with Crippen LogP contribution in [0.3, 0.4) is 0 Å². The number of nitrogens with two attached hydrogens (primary N) is 1. The Labute approximate surface area is 109 Å². The Balaban J connectivity index is 1.74. The van der Waals surface area contributed by atoms with Crippen LogP contribution in [0.2, 0.25) is 0 Å². The van der Waals surface area contributed by atoms with Crippen molar-refractivity contribution in [2.45, 2.75) is 56.9 Å². The van der Waals surface area contributed by atoms with Gasteiger partial charge in [0.2, 0.25) is 0 Å². The summed E-state index contributed by atoms with van der Waals surface area (Å²) in [6.07, 6.45) is 10.3.